The normalized spacial score (nSPS) is 11.2. The summed E-state index contributed by atoms with van der Waals surface area (Å²) in [7, 11) is 1.62. The number of nitrogens with zero attached hydrogens (tertiary/aromatic N) is 2. The smallest absolute Gasteiger partial charge is 0.223 e. The molecule has 7 nitrogen and oxygen atoms in total. The first kappa shape index (κ1) is 15.7. The molecule has 7 N–H and O–H groups in total. The van der Waals surface area contributed by atoms with E-state index in [2.05, 4.69) is 15.3 Å². The number of rotatable bonds is 6. The van der Waals surface area contributed by atoms with Gasteiger partial charge in [0.05, 0.1) is 5.69 Å². The van der Waals surface area contributed by atoms with Crippen molar-refractivity contribution in [2.75, 3.05) is 25.6 Å². The summed E-state index contributed by atoms with van der Waals surface area (Å²) in [5, 5.41) is 3.05. The lowest BCUT2D eigenvalue weighted by molar-refractivity contribution is 0.198. The molecular weight excluding hydrogens is 263 g/mol. The van der Waals surface area contributed by atoms with Crippen molar-refractivity contribution in [2.24, 2.45) is 27.2 Å². The van der Waals surface area contributed by atoms with Crippen LogP contribution in [0.25, 0.3) is 0 Å². The third-order valence-electron chi connectivity index (χ3n) is 2.30. The van der Waals surface area contributed by atoms with Crippen LogP contribution < -0.4 is 22.5 Å². The van der Waals surface area contributed by atoms with Gasteiger partial charge in [0.25, 0.3) is 0 Å². The van der Waals surface area contributed by atoms with Crippen molar-refractivity contribution in [1.82, 2.24) is 0 Å². The Kier molecular flexibility index (Phi) is 6.24. The van der Waals surface area contributed by atoms with Gasteiger partial charge < -0.3 is 27.3 Å². The molecule has 0 fully saturated rings. The average molecular weight is 282 g/mol. The van der Waals surface area contributed by atoms with Gasteiger partial charge in [0.1, 0.15) is 5.69 Å². The summed E-state index contributed by atoms with van der Waals surface area (Å²) in [6, 6.07) is 4.54. The van der Waals surface area contributed by atoms with Crippen molar-refractivity contribution in [2.45, 2.75) is 6.42 Å². The largest absolute Gasteiger partial charge is 0.385 e. The molecule has 8 heteroatoms. The highest BCUT2D eigenvalue weighted by molar-refractivity contribution is 5.94. The molecule has 0 bridgehead atoms. The molecule has 0 aliphatic carbocycles. The van der Waals surface area contributed by atoms with Crippen LogP contribution in [0.1, 0.15) is 6.42 Å². The molecule has 1 aromatic carbocycles. The molecule has 0 aromatic heterocycles. The van der Waals surface area contributed by atoms with Crippen molar-refractivity contribution in [1.29, 1.82) is 0 Å². The Hall–Kier alpha value is -2.35. The zero-order chi connectivity index (χ0) is 15.0. The number of hydrogen-bond acceptors (Lipinski definition) is 3. The molecule has 0 heterocycles. The van der Waals surface area contributed by atoms with Gasteiger partial charge in [-0.15, -0.1) is 0 Å². The van der Waals surface area contributed by atoms with Crippen molar-refractivity contribution < 1.29 is 9.13 Å². The molecule has 1 rings (SSSR count). The van der Waals surface area contributed by atoms with Crippen molar-refractivity contribution in [3.63, 3.8) is 0 Å². The Balaban J connectivity index is 2.91. The van der Waals surface area contributed by atoms with Gasteiger partial charge in [0, 0.05) is 20.3 Å². The number of para-hydroxylation sites is 1. The highest BCUT2D eigenvalue weighted by atomic mass is 19.1. The van der Waals surface area contributed by atoms with E-state index in [0.717, 1.165) is 6.42 Å². The maximum atomic E-state index is 13.8. The molecule has 1 aromatic rings. The van der Waals surface area contributed by atoms with Crippen molar-refractivity contribution in [3.05, 3.63) is 24.0 Å². The monoisotopic (exact) mass is 282 g/mol. The Labute approximate surface area is 116 Å². The number of anilines is 1. The second kappa shape index (κ2) is 7.95. The number of methoxy groups -OCH3 is 1. The van der Waals surface area contributed by atoms with Gasteiger partial charge in [-0.05, 0) is 18.6 Å². The lowest BCUT2D eigenvalue weighted by Crippen LogP contribution is -2.26. The van der Waals surface area contributed by atoms with Crippen LogP contribution in [0.5, 0.6) is 0 Å². The Morgan fingerprint density at radius 3 is 2.75 bits per heavy atom. The third kappa shape index (κ3) is 5.11. The van der Waals surface area contributed by atoms with Gasteiger partial charge >= 0.3 is 0 Å². The topological polar surface area (TPSA) is 124 Å². The van der Waals surface area contributed by atoms with E-state index in [1.807, 2.05) is 0 Å². The van der Waals surface area contributed by atoms with E-state index in [1.54, 1.807) is 19.2 Å². The SMILES string of the molecule is COCCCNc1cccc(F)c1N=C(N)N=C(N)N. The van der Waals surface area contributed by atoms with E-state index < -0.39 is 5.82 Å². The molecule has 0 unspecified atom stereocenters. The first-order chi connectivity index (χ1) is 9.54. The summed E-state index contributed by atoms with van der Waals surface area (Å²) >= 11 is 0. The second-order valence-corrected chi connectivity index (χ2v) is 3.92. The van der Waals surface area contributed by atoms with Gasteiger partial charge in [-0.25, -0.2) is 9.38 Å². The first-order valence-electron chi connectivity index (χ1n) is 5.99. The zero-order valence-electron chi connectivity index (χ0n) is 11.3. The molecule has 20 heavy (non-hydrogen) atoms. The van der Waals surface area contributed by atoms with Crippen molar-refractivity contribution in [3.8, 4) is 0 Å². The van der Waals surface area contributed by atoms with Crippen molar-refractivity contribution >= 4 is 23.3 Å². The number of nitrogens with one attached hydrogen (secondary N) is 1. The third-order valence-corrected chi connectivity index (χ3v) is 2.30. The van der Waals surface area contributed by atoms with Gasteiger partial charge in [0.2, 0.25) is 5.96 Å². The van der Waals surface area contributed by atoms with Crippen LogP contribution in [0.4, 0.5) is 15.8 Å². The number of ether oxygens (including phenoxy) is 1. The summed E-state index contributed by atoms with van der Waals surface area (Å²) < 4.78 is 18.7. The first-order valence-corrected chi connectivity index (χ1v) is 5.99. The molecule has 0 aliphatic rings. The summed E-state index contributed by atoms with van der Waals surface area (Å²) in [6.45, 7) is 1.22. The van der Waals surface area contributed by atoms with Crippen LogP contribution in [-0.4, -0.2) is 32.2 Å². The summed E-state index contributed by atoms with van der Waals surface area (Å²) in [6.07, 6.45) is 0.777. The molecule has 110 valence electrons. The number of guanidine groups is 2. The van der Waals surface area contributed by atoms with Gasteiger partial charge in [-0.2, -0.15) is 4.99 Å². The van der Waals surface area contributed by atoms with Crippen LogP contribution in [0.3, 0.4) is 0 Å². The molecule has 0 amide bonds. The lowest BCUT2D eigenvalue weighted by Gasteiger charge is -2.09. The highest BCUT2D eigenvalue weighted by Crippen LogP contribution is 2.28. The number of aliphatic imine (C=N–C) groups is 2. The molecule has 0 spiro atoms. The number of halogens is 1. The summed E-state index contributed by atoms with van der Waals surface area (Å²) in [5.74, 6) is -0.970. The Morgan fingerprint density at radius 2 is 2.10 bits per heavy atom. The van der Waals surface area contributed by atoms with E-state index in [9.17, 15) is 4.39 Å². The number of benzene rings is 1. The molecule has 0 saturated carbocycles. The summed E-state index contributed by atoms with van der Waals surface area (Å²) in [4.78, 5) is 7.43. The Bertz CT molecular complexity index is 499. The fraction of sp³-hybridized carbons (Fsp3) is 0.333. The minimum atomic E-state index is -0.518. The van der Waals surface area contributed by atoms with Gasteiger partial charge in [0.15, 0.2) is 11.8 Å². The minimum Gasteiger partial charge on any atom is -0.385 e. The Morgan fingerprint density at radius 1 is 1.35 bits per heavy atom. The minimum absolute atomic E-state index is 0.0624. The predicted molar refractivity (Wildman–Crippen MR) is 78.5 cm³/mol. The molecular formula is C12H19FN6O. The number of nitrogens with two attached hydrogens (primary N) is 3. The van der Waals surface area contributed by atoms with Crippen LogP contribution in [0, 0.1) is 5.82 Å². The molecule has 0 saturated heterocycles. The van der Waals surface area contributed by atoms with Gasteiger partial charge in [-0.1, -0.05) is 6.07 Å². The van der Waals surface area contributed by atoms with Crippen LogP contribution in [0.2, 0.25) is 0 Å². The van der Waals surface area contributed by atoms with E-state index in [-0.39, 0.29) is 17.6 Å². The lowest BCUT2D eigenvalue weighted by atomic mass is 10.2. The summed E-state index contributed by atoms with van der Waals surface area (Å²) in [5.41, 5.74) is 16.4. The standard InChI is InChI=1S/C12H19FN6O/c1-20-7-3-6-17-9-5-2-4-8(13)10(9)18-12(16)19-11(14)15/h2,4-5,17H,3,6-7H2,1H3,(H6,14,15,16,18,19). The maximum Gasteiger partial charge on any atom is 0.223 e. The van der Waals surface area contributed by atoms with E-state index in [1.165, 1.54) is 6.07 Å². The number of hydrogen-bond donors (Lipinski definition) is 4. The molecule has 0 aliphatic heterocycles. The second-order valence-electron chi connectivity index (χ2n) is 3.92. The van der Waals surface area contributed by atoms with E-state index in [4.69, 9.17) is 21.9 Å². The molecule has 0 atom stereocenters. The van der Waals surface area contributed by atoms with E-state index >= 15 is 0 Å². The zero-order valence-corrected chi connectivity index (χ0v) is 11.3. The van der Waals surface area contributed by atoms with Crippen LogP contribution in [-0.2, 0) is 4.74 Å². The van der Waals surface area contributed by atoms with E-state index in [0.29, 0.717) is 18.8 Å². The van der Waals surface area contributed by atoms with Crippen LogP contribution in [0.15, 0.2) is 28.2 Å². The average Bonchev–Trinajstić information content (AvgIpc) is 2.37. The quantitative estimate of drug-likeness (QED) is 0.343. The fourth-order valence-electron chi connectivity index (χ4n) is 1.48. The fourth-order valence-corrected chi connectivity index (χ4v) is 1.48. The maximum absolute atomic E-state index is 13.8. The van der Waals surface area contributed by atoms with Gasteiger partial charge in [-0.3, -0.25) is 0 Å². The van der Waals surface area contributed by atoms with Crippen LogP contribution >= 0.6 is 0 Å². The predicted octanol–water partition coefficient (Wildman–Crippen LogP) is 0.494. The molecule has 0 radical (unpaired) electrons. The highest BCUT2D eigenvalue weighted by Gasteiger charge is 2.08.